The SMILES string of the molecule is CNC(=O)C(NCCC(c1ccc(C(F)(F)F)nc1)c1ccc2c(c1)CCCC2)c1ccc(F)cc1. The number of hydrogen-bond donors (Lipinski definition) is 2. The van der Waals surface area contributed by atoms with Gasteiger partial charge >= 0.3 is 6.18 Å². The molecule has 8 heteroatoms. The summed E-state index contributed by atoms with van der Waals surface area (Å²) in [6, 6.07) is 13.9. The molecule has 4 rings (SSSR count). The molecule has 1 aliphatic carbocycles. The summed E-state index contributed by atoms with van der Waals surface area (Å²) in [4.78, 5) is 16.2. The number of fused-ring (bicyclic) bond motifs is 1. The highest BCUT2D eigenvalue weighted by molar-refractivity contribution is 5.82. The number of aromatic nitrogens is 1. The molecule has 0 bridgehead atoms. The number of amides is 1. The summed E-state index contributed by atoms with van der Waals surface area (Å²) in [6.45, 7) is 0.401. The van der Waals surface area contributed by atoms with E-state index in [0.29, 0.717) is 24.1 Å². The largest absolute Gasteiger partial charge is 0.433 e. The Morgan fingerprint density at radius 1 is 0.944 bits per heavy atom. The Morgan fingerprint density at radius 3 is 2.25 bits per heavy atom. The van der Waals surface area contributed by atoms with Crippen molar-refractivity contribution in [2.45, 2.75) is 50.2 Å². The van der Waals surface area contributed by atoms with Crippen molar-refractivity contribution >= 4 is 5.91 Å². The lowest BCUT2D eigenvalue weighted by atomic mass is 9.84. The summed E-state index contributed by atoms with van der Waals surface area (Å²) >= 11 is 0. The normalized spacial score (nSPS) is 15.1. The van der Waals surface area contributed by atoms with Crippen molar-refractivity contribution in [2.24, 2.45) is 0 Å². The molecule has 0 saturated carbocycles. The van der Waals surface area contributed by atoms with Gasteiger partial charge in [0.2, 0.25) is 5.91 Å². The fraction of sp³-hybridized carbons (Fsp3) is 0.357. The van der Waals surface area contributed by atoms with Crippen molar-refractivity contribution in [3.8, 4) is 0 Å². The number of carbonyl (C=O) groups is 1. The molecule has 3 aromatic rings. The zero-order chi connectivity index (χ0) is 25.7. The first-order valence-electron chi connectivity index (χ1n) is 12.1. The summed E-state index contributed by atoms with van der Waals surface area (Å²) in [7, 11) is 1.53. The molecule has 0 radical (unpaired) electrons. The summed E-state index contributed by atoms with van der Waals surface area (Å²) < 4.78 is 52.6. The first-order valence-corrected chi connectivity index (χ1v) is 12.1. The van der Waals surface area contributed by atoms with Crippen molar-refractivity contribution in [2.75, 3.05) is 13.6 Å². The van der Waals surface area contributed by atoms with Crippen LogP contribution in [0.3, 0.4) is 0 Å². The molecule has 0 fully saturated rings. The van der Waals surface area contributed by atoms with Gasteiger partial charge in [0.1, 0.15) is 17.6 Å². The molecule has 1 aromatic heterocycles. The number of hydrogen-bond acceptors (Lipinski definition) is 3. The lowest BCUT2D eigenvalue weighted by molar-refractivity contribution is -0.141. The molecule has 1 aliphatic rings. The summed E-state index contributed by atoms with van der Waals surface area (Å²) in [5.74, 6) is -0.863. The summed E-state index contributed by atoms with van der Waals surface area (Å²) in [5, 5.41) is 5.86. The van der Waals surface area contributed by atoms with E-state index in [9.17, 15) is 22.4 Å². The number of aryl methyl sites for hydroxylation is 2. The van der Waals surface area contributed by atoms with E-state index in [2.05, 4.69) is 27.8 Å². The van der Waals surface area contributed by atoms with Crippen molar-refractivity contribution in [1.29, 1.82) is 0 Å². The number of likely N-dealkylation sites (N-methyl/N-ethyl adjacent to an activating group) is 1. The van der Waals surface area contributed by atoms with Crippen molar-refractivity contribution in [1.82, 2.24) is 15.6 Å². The predicted octanol–water partition coefficient (Wildman–Crippen LogP) is 5.72. The quantitative estimate of drug-likeness (QED) is 0.390. The first-order chi connectivity index (χ1) is 17.3. The van der Waals surface area contributed by atoms with Crippen LogP contribution in [-0.4, -0.2) is 24.5 Å². The molecule has 0 spiro atoms. The molecule has 36 heavy (non-hydrogen) atoms. The number of nitrogens with zero attached hydrogens (tertiary/aromatic N) is 1. The minimum Gasteiger partial charge on any atom is -0.358 e. The smallest absolute Gasteiger partial charge is 0.358 e. The van der Waals surface area contributed by atoms with Crippen LogP contribution in [-0.2, 0) is 23.8 Å². The van der Waals surface area contributed by atoms with Gasteiger partial charge in [-0.05, 0) is 84.7 Å². The number of nitrogens with one attached hydrogen (secondary N) is 2. The molecule has 2 N–H and O–H groups in total. The van der Waals surface area contributed by atoms with Crippen LogP contribution in [0.25, 0.3) is 0 Å². The maximum absolute atomic E-state index is 13.4. The van der Waals surface area contributed by atoms with E-state index in [4.69, 9.17) is 0 Å². The molecule has 2 atom stereocenters. The highest BCUT2D eigenvalue weighted by atomic mass is 19.4. The van der Waals surface area contributed by atoms with Gasteiger partial charge in [-0.2, -0.15) is 13.2 Å². The Hall–Kier alpha value is -3.26. The Labute approximate surface area is 208 Å². The molecule has 0 saturated heterocycles. The first kappa shape index (κ1) is 25.8. The van der Waals surface area contributed by atoms with Gasteiger partial charge < -0.3 is 10.6 Å². The van der Waals surface area contributed by atoms with E-state index in [-0.39, 0.29) is 11.8 Å². The topological polar surface area (TPSA) is 54.0 Å². The zero-order valence-corrected chi connectivity index (χ0v) is 20.0. The van der Waals surface area contributed by atoms with E-state index >= 15 is 0 Å². The molecule has 4 nitrogen and oxygen atoms in total. The third-order valence-corrected chi connectivity index (χ3v) is 6.75. The molecular weight excluding hydrogens is 470 g/mol. The van der Waals surface area contributed by atoms with Crippen molar-refractivity contribution in [3.05, 3.63) is 100 Å². The Balaban J connectivity index is 1.58. The number of halogens is 4. The van der Waals surface area contributed by atoms with Gasteiger partial charge in [-0.15, -0.1) is 0 Å². The van der Waals surface area contributed by atoms with E-state index in [1.54, 1.807) is 12.1 Å². The average molecular weight is 500 g/mol. The summed E-state index contributed by atoms with van der Waals surface area (Å²) in [6.07, 6.45) is 1.63. The summed E-state index contributed by atoms with van der Waals surface area (Å²) in [5.41, 5.74) is 3.99. The van der Waals surface area contributed by atoms with E-state index in [0.717, 1.165) is 37.3 Å². The van der Waals surface area contributed by atoms with E-state index in [1.165, 1.54) is 42.6 Å². The Kier molecular flexibility index (Phi) is 8.04. The predicted molar refractivity (Wildman–Crippen MR) is 130 cm³/mol. The van der Waals surface area contributed by atoms with Crippen LogP contribution in [0.1, 0.15) is 64.7 Å². The number of benzene rings is 2. The lowest BCUT2D eigenvalue weighted by Gasteiger charge is -2.24. The van der Waals surface area contributed by atoms with Crippen LogP contribution in [0, 0.1) is 5.82 Å². The van der Waals surface area contributed by atoms with E-state index < -0.39 is 23.7 Å². The van der Waals surface area contributed by atoms with Crippen LogP contribution in [0.15, 0.2) is 60.8 Å². The van der Waals surface area contributed by atoms with Gasteiger partial charge in [-0.3, -0.25) is 9.78 Å². The van der Waals surface area contributed by atoms with Crippen molar-refractivity contribution in [3.63, 3.8) is 0 Å². The minimum absolute atomic E-state index is 0.210. The lowest BCUT2D eigenvalue weighted by Crippen LogP contribution is -2.36. The molecule has 190 valence electrons. The molecule has 0 aliphatic heterocycles. The van der Waals surface area contributed by atoms with Crippen molar-refractivity contribution < 1.29 is 22.4 Å². The maximum atomic E-state index is 13.4. The van der Waals surface area contributed by atoms with Crippen LogP contribution in [0.5, 0.6) is 0 Å². The third kappa shape index (κ3) is 6.10. The standard InChI is InChI=1S/C28H29F4N3O/c1-33-27(36)26(19-8-11-23(29)12-9-19)34-15-14-24(22-10-13-25(35-17-22)28(30,31)32)21-7-6-18-4-2-3-5-20(18)16-21/h6-13,16-17,24,26,34H,2-5,14-15H2,1H3,(H,33,36). The molecule has 2 aromatic carbocycles. The number of alkyl halides is 3. The van der Waals surface area contributed by atoms with Gasteiger partial charge in [0.15, 0.2) is 0 Å². The average Bonchev–Trinajstić information content (AvgIpc) is 2.88. The molecule has 2 unspecified atom stereocenters. The Bertz CT molecular complexity index is 1180. The highest BCUT2D eigenvalue weighted by Crippen LogP contribution is 2.33. The zero-order valence-electron chi connectivity index (χ0n) is 20.0. The van der Waals surface area contributed by atoms with Crippen LogP contribution >= 0.6 is 0 Å². The second-order valence-electron chi connectivity index (χ2n) is 9.10. The maximum Gasteiger partial charge on any atom is 0.433 e. The van der Waals surface area contributed by atoms with Crippen LogP contribution in [0.2, 0.25) is 0 Å². The van der Waals surface area contributed by atoms with Gasteiger partial charge in [0.25, 0.3) is 0 Å². The number of rotatable bonds is 8. The second-order valence-corrected chi connectivity index (χ2v) is 9.10. The molecule has 1 amide bonds. The number of pyridine rings is 1. The monoisotopic (exact) mass is 499 g/mol. The van der Waals surface area contributed by atoms with Gasteiger partial charge in [-0.25, -0.2) is 4.39 Å². The van der Waals surface area contributed by atoms with Crippen LogP contribution in [0.4, 0.5) is 17.6 Å². The molecular formula is C28H29F4N3O. The van der Waals surface area contributed by atoms with Gasteiger partial charge in [0.05, 0.1) is 0 Å². The minimum atomic E-state index is -4.50. The Morgan fingerprint density at radius 2 is 1.61 bits per heavy atom. The fourth-order valence-electron chi connectivity index (χ4n) is 4.81. The molecule has 1 heterocycles. The highest BCUT2D eigenvalue weighted by Gasteiger charge is 2.32. The fourth-order valence-corrected chi connectivity index (χ4v) is 4.81. The van der Waals surface area contributed by atoms with E-state index in [1.807, 2.05) is 6.07 Å². The van der Waals surface area contributed by atoms with Gasteiger partial charge in [0, 0.05) is 19.2 Å². The number of carbonyl (C=O) groups excluding carboxylic acids is 1. The third-order valence-electron chi connectivity index (χ3n) is 6.75. The van der Waals surface area contributed by atoms with Crippen LogP contribution < -0.4 is 10.6 Å². The van der Waals surface area contributed by atoms with Gasteiger partial charge in [-0.1, -0.05) is 36.4 Å². The second kappa shape index (κ2) is 11.2.